The van der Waals surface area contributed by atoms with Gasteiger partial charge in [-0.05, 0) is 31.5 Å². The molecule has 0 atom stereocenters. The van der Waals surface area contributed by atoms with Gasteiger partial charge >= 0.3 is 0 Å². The van der Waals surface area contributed by atoms with Crippen molar-refractivity contribution in [1.82, 2.24) is 25.4 Å². The number of aliphatic imine (C=N–C) groups is 1. The van der Waals surface area contributed by atoms with Crippen molar-refractivity contribution < 1.29 is 4.42 Å². The topological polar surface area (TPSA) is 80.3 Å². The summed E-state index contributed by atoms with van der Waals surface area (Å²) in [7, 11) is 0. The van der Waals surface area contributed by atoms with E-state index >= 15 is 0 Å². The van der Waals surface area contributed by atoms with Crippen LogP contribution in [0, 0.1) is 6.92 Å². The number of nitrogens with zero attached hydrogens (tertiary/aromatic N) is 4. The predicted octanol–water partition coefficient (Wildman–Crippen LogP) is 4.15. The number of hydrogen-bond donors (Lipinski definition) is 2. The van der Waals surface area contributed by atoms with E-state index in [1.165, 1.54) is 11.1 Å². The Bertz CT molecular complexity index is 1140. The molecule has 0 saturated carbocycles. The van der Waals surface area contributed by atoms with E-state index in [0.717, 1.165) is 35.9 Å². The van der Waals surface area contributed by atoms with Gasteiger partial charge in [-0.15, -0.1) is 0 Å². The average molecular weight is 429 g/mol. The standard InChI is InChI=1S/C25H28N6O/c1-3-26-25(27-13-21-14-29-31(17-21)16-20-7-5-4-6-8-20)28-15-23-18-32-24(30-23)22-11-9-19(2)10-12-22/h4-12,14,17-18H,3,13,15-16H2,1-2H3,(H2,26,27,28). The number of aromatic nitrogens is 3. The second-order valence-corrected chi connectivity index (χ2v) is 7.59. The molecule has 0 saturated heterocycles. The molecule has 0 spiro atoms. The van der Waals surface area contributed by atoms with Crippen molar-refractivity contribution in [1.29, 1.82) is 0 Å². The van der Waals surface area contributed by atoms with Gasteiger partial charge in [-0.2, -0.15) is 5.10 Å². The van der Waals surface area contributed by atoms with Gasteiger partial charge in [0.15, 0.2) is 5.96 Å². The van der Waals surface area contributed by atoms with Gasteiger partial charge < -0.3 is 15.1 Å². The van der Waals surface area contributed by atoms with Crippen molar-refractivity contribution in [2.75, 3.05) is 6.54 Å². The summed E-state index contributed by atoms with van der Waals surface area (Å²) in [4.78, 5) is 9.25. The maximum absolute atomic E-state index is 5.64. The lowest BCUT2D eigenvalue weighted by Gasteiger charge is -2.09. The second-order valence-electron chi connectivity index (χ2n) is 7.59. The molecule has 32 heavy (non-hydrogen) atoms. The Hall–Kier alpha value is -3.87. The first kappa shape index (κ1) is 21.4. The van der Waals surface area contributed by atoms with E-state index in [-0.39, 0.29) is 0 Å². The molecule has 0 radical (unpaired) electrons. The molecule has 164 valence electrons. The van der Waals surface area contributed by atoms with Crippen molar-refractivity contribution in [3.05, 3.63) is 95.6 Å². The molecule has 0 fully saturated rings. The van der Waals surface area contributed by atoms with Crippen LogP contribution in [-0.4, -0.2) is 27.3 Å². The zero-order chi connectivity index (χ0) is 22.2. The Kier molecular flexibility index (Phi) is 6.97. The molecular weight excluding hydrogens is 400 g/mol. The first-order chi connectivity index (χ1) is 15.7. The molecule has 2 aromatic heterocycles. The summed E-state index contributed by atoms with van der Waals surface area (Å²) in [6, 6.07) is 18.4. The zero-order valence-electron chi connectivity index (χ0n) is 18.5. The SMILES string of the molecule is CCNC(=NCc1cnn(Cc2ccccc2)c1)NCc1coc(-c2ccc(C)cc2)n1. The fourth-order valence-electron chi connectivity index (χ4n) is 3.25. The van der Waals surface area contributed by atoms with Crippen LogP contribution in [0.2, 0.25) is 0 Å². The van der Waals surface area contributed by atoms with Gasteiger partial charge in [-0.3, -0.25) is 4.68 Å². The molecule has 2 N–H and O–H groups in total. The third kappa shape index (κ3) is 5.85. The Balaban J connectivity index is 1.34. The van der Waals surface area contributed by atoms with Crippen LogP contribution >= 0.6 is 0 Å². The fourth-order valence-corrected chi connectivity index (χ4v) is 3.25. The van der Waals surface area contributed by atoms with E-state index in [1.807, 2.05) is 54.3 Å². The molecule has 0 unspecified atom stereocenters. The number of guanidine groups is 1. The number of oxazole rings is 1. The van der Waals surface area contributed by atoms with Crippen molar-refractivity contribution >= 4 is 5.96 Å². The van der Waals surface area contributed by atoms with Crippen LogP contribution in [0.15, 0.2) is 82.7 Å². The lowest BCUT2D eigenvalue weighted by atomic mass is 10.1. The summed E-state index contributed by atoms with van der Waals surface area (Å²) in [5.41, 5.74) is 5.27. The third-order valence-electron chi connectivity index (χ3n) is 4.93. The van der Waals surface area contributed by atoms with Crippen molar-refractivity contribution in [2.24, 2.45) is 4.99 Å². The summed E-state index contributed by atoms with van der Waals surface area (Å²) in [6.45, 7) is 6.68. The molecule has 0 aliphatic heterocycles. The Morgan fingerprint density at radius 2 is 1.84 bits per heavy atom. The van der Waals surface area contributed by atoms with Crippen molar-refractivity contribution in [3.8, 4) is 11.5 Å². The number of nitrogens with one attached hydrogen (secondary N) is 2. The lowest BCUT2D eigenvalue weighted by molar-refractivity contribution is 0.572. The predicted molar refractivity (Wildman–Crippen MR) is 126 cm³/mol. The maximum atomic E-state index is 5.64. The van der Waals surface area contributed by atoms with Crippen LogP contribution in [0.1, 0.15) is 29.3 Å². The molecule has 0 bridgehead atoms. The first-order valence-corrected chi connectivity index (χ1v) is 10.8. The van der Waals surface area contributed by atoms with E-state index < -0.39 is 0 Å². The molecule has 0 amide bonds. The minimum Gasteiger partial charge on any atom is -0.444 e. The first-order valence-electron chi connectivity index (χ1n) is 10.8. The monoisotopic (exact) mass is 428 g/mol. The van der Waals surface area contributed by atoms with Gasteiger partial charge in [0.25, 0.3) is 0 Å². The minimum absolute atomic E-state index is 0.522. The highest BCUT2D eigenvalue weighted by Gasteiger charge is 2.08. The smallest absolute Gasteiger partial charge is 0.226 e. The highest BCUT2D eigenvalue weighted by Crippen LogP contribution is 2.19. The summed E-state index contributed by atoms with van der Waals surface area (Å²) in [5, 5.41) is 11.0. The summed E-state index contributed by atoms with van der Waals surface area (Å²) >= 11 is 0. The van der Waals surface area contributed by atoms with Gasteiger partial charge in [0.05, 0.1) is 31.5 Å². The van der Waals surface area contributed by atoms with Crippen LogP contribution in [-0.2, 0) is 19.6 Å². The number of benzene rings is 2. The van der Waals surface area contributed by atoms with E-state index in [9.17, 15) is 0 Å². The maximum Gasteiger partial charge on any atom is 0.226 e. The molecule has 4 rings (SSSR count). The summed E-state index contributed by atoms with van der Waals surface area (Å²) in [5.74, 6) is 1.35. The summed E-state index contributed by atoms with van der Waals surface area (Å²) < 4.78 is 7.57. The quantitative estimate of drug-likeness (QED) is 0.326. The molecule has 4 aromatic rings. The Labute approximate surface area is 188 Å². The van der Waals surface area contributed by atoms with E-state index in [4.69, 9.17) is 4.42 Å². The van der Waals surface area contributed by atoms with Gasteiger partial charge in [-0.25, -0.2) is 9.98 Å². The van der Waals surface area contributed by atoms with Crippen LogP contribution in [0.4, 0.5) is 0 Å². The Morgan fingerprint density at radius 1 is 1.03 bits per heavy atom. The second kappa shape index (κ2) is 10.4. The van der Waals surface area contributed by atoms with Crippen molar-refractivity contribution in [2.45, 2.75) is 33.5 Å². The van der Waals surface area contributed by atoms with Crippen LogP contribution in [0.25, 0.3) is 11.5 Å². The van der Waals surface area contributed by atoms with Crippen LogP contribution in [0.3, 0.4) is 0 Å². The van der Waals surface area contributed by atoms with Crippen LogP contribution < -0.4 is 10.6 Å². The Morgan fingerprint density at radius 3 is 2.62 bits per heavy atom. The largest absolute Gasteiger partial charge is 0.444 e. The van der Waals surface area contributed by atoms with Gasteiger partial charge in [-0.1, -0.05) is 48.0 Å². The van der Waals surface area contributed by atoms with Gasteiger partial charge in [0.2, 0.25) is 5.89 Å². The highest BCUT2D eigenvalue weighted by atomic mass is 16.3. The van der Waals surface area contributed by atoms with Gasteiger partial charge in [0.1, 0.15) is 6.26 Å². The van der Waals surface area contributed by atoms with E-state index in [1.54, 1.807) is 6.26 Å². The number of hydrogen-bond acceptors (Lipinski definition) is 4. The average Bonchev–Trinajstić information content (AvgIpc) is 3.47. The van der Waals surface area contributed by atoms with E-state index in [0.29, 0.717) is 19.0 Å². The molecule has 2 heterocycles. The fraction of sp³-hybridized carbons (Fsp3) is 0.240. The van der Waals surface area contributed by atoms with Crippen molar-refractivity contribution in [3.63, 3.8) is 0 Å². The molecule has 2 aromatic carbocycles. The molecule has 0 aliphatic rings. The number of aryl methyl sites for hydroxylation is 1. The minimum atomic E-state index is 0.522. The zero-order valence-corrected chi connectivity index (χ0v) is 18.5. The number of rotatable bonds is 8. The van der Waals surface area contributed by atoms with E-state index in [2.05, 4.69) is 56.9 Å². The van der Waals surface area contributed by atoms with Gasteiger partial charge in [0, 0.05) is 23.9 Å². The lowest BCUT2D eigenvalue weighted by Crippen LogP contribution is -2.36. The molecule has 7 nitrogen and oxygen atoms in total. The molecule has 7 heteroatoms. The molecular formula is C25H28N6O. The van der Waals surface area contributed by atoms with Crippen LogP contribution in [0.5, 0.6) is 0 Å². The highest BCUT2D eigenvalue weighted by molar-refractivity contribution is 5.79. The normalized spacial score (nSPS) is 11.5. The molecule has 0 aliphatic carbocycles. The summed E-state index contributed by atoms with van der Waals surface area (Å²) in [6.07, 6.45) is 5.58. The third-order valence-corrected chi connectivity index (χ3v) is 4.93.